The molecule has 0 saturated heterocycles. The van der Waals surface area contributed by atoms with Crippen LogP contribution in [0.5, 0.6) is 5.75 Å². The summed E-state index contributed by atoms with van der Waals surface area (Å²) in [5.41, 5.74) is 6.74. The van der Waals surface area contributed by atoms with Crippen LogP contribution in [0, 0.1) is 16.7 Å². The minimum atomic E-state index is -3.91. The topological polar surface area (TPSA) is 117 Å². The minimum absolute atomic E-state index is 0.109. The van der Waals surface area contributed by atoms with E-state index in [1.807, 2.05) is 44.2 Å². The van der Waals surface area contributed by atoms with Gasteiger partial charge in [0.15, 0.2) is 0 Å². The lowest BCUT2D eigenvalue weighted by Gasteiger charge is -2.34. The summed E-state index contributed by atoms with van der Waals surface area (Å²) >= 11 is 0. The molecule has 7 nitrogen and oxygen atoms in total. The van der Waals surface area contributed by atoms with Crippen LogP contribution in [0.3, 0.4) is 0 Å². The fourth-order valence-electron chi connectivity index (χ4n) is 3.46. The Hall–Kier alpha value is -2.44. The van der Waals surface area contributed by atoms with Crippen LogP contribution in [0.4, 0.5) is 0 Å². The first kappa shape index (κ1) is 25.8. The number of nitriles is 1. The smallest absolute Gasteiger partial charge is 0.243 e. The Morgan fingerprint density at radius 3 is 2.34 bits per heavy atom. The fourth-order valence-corrected chi connectivity index (χ4v) is 5.11. The first-order valence-electron chi connectivity index (χ1n) is 10.6. The van der Waals surface area contributed by atoms with Crippen LogP contribution in [0.25, 0.3) is 0 Å². The van der Waals surface area contributed by atoms with Crippen molar-refractivity contribution in [3.05, 3.63) is 60.2 Å². The molecule has 2 unspecified atom stereocenters. The molecule has 0 bridgehead atoms. The summed E-state index contributed by atoms with van der Waals surface area (Å²) in [5.74, 6) is 0.551. The van der Waals surface area contributed by atoms with Crippen molar-refractivity contribution in [3.8, 4) is 11.8 Å². The van der Waals surface area contributed by atoms with Crippen LogP contribution < -0.4 is 10.5 Å². The molecule has 0 radical (unpaired) electrons. The van der Waals surface area contributed by atoms with Crippen LogP contribution in [0.1, 0.15) is 32.3 Å². The van der Waals surface area contributed by atoms with Gasteiger partial charge < -0.3 is 15.6 Å². The molecule has 0 aromatic heterocycles. The van der Waals surface area contributed by atoms with Crippen LogP contribution >= 0.6 is 0 Å². The maximum atomic E-state index is 13.5. The van der Waals surface area contributed by atoms with Crippen LogP contribution in [-0.4, -0.2) is 50.2 Å². The van der Waals surface area contributed by atoms with Gasteiger partial charge in [0.1, 0.15) is 5.75 Å². The highest BCUT2D eigenvalue weighted by Gasteiger charge is 2.33. The standard InChI is InChI=1S/C24H33N3O4S/c1-24(2,14-7-15-25)18-27(32(29,30)21-12-10-20(31-3)11-13-21)17-23(28)22(26)16-19-8-5-4-6-9-19/h4-6,8-13,22-23,28H,7,14,16-18,26H2,1-3H3. The lowest BCUT2D eigenvalue weighted by atomic mass is 9.88. The van der Waals surface area contributed by atoms with Crippen molar-refractivity contribution in [2.75, 3.05) is 20.2 Å². The van der Waals surface area contributed by atoms with Gasteiger partial charge in [-0.15, -0.1) is 0 Å². The van der Waals surface area contributed by atoms with Gasteiger partial charge in [0.2, 0.25) is 10.0 Å². The number of nitrogens with two attached hydrogens (primary N) is 1. The number of methoxy groups -OCH3 is 1. The second-order valence-corrected chi connectivity index (χ2v) is 10.7. The number of ether oxygens (including phenoxy) is 1. The maximum Gasteiger partial charge on any atom is 0.243 e. The Morgan fingerprint density at radius 1 is 1.16 bits per heavy atom. The molecule has 2 atom stereocenters. The highest BCUT2D eigenvalue weighted by Crippen LogP contribution is 2.28. The van der Waals surface area contributed by atoms with E-state index in [1.165, 1.54) is 23.5 Å². The molecule has 174 valence electrons. The predicted molar refractivity (Wildman–Crippen MR) is 125 cm³/mol. The Labute approximate surface area is 191 Å². The number of hydrogen-bond donors (Lipinski definition) is 2. The number of aliphatic hydroxyl groups excluding tert-OH is 1. The average molecular weight is 460 g/mol. The molecular weight excluding hydrogens is 426 g/mol. The number of aliphatic hydroxyl groups is 1. The van der Waals surface area contributed by atoms with Crippen molar-refractivity contribution in [2.24, 2.45) is 11.1 Å². The van der Waals surface area contributed by atoms with Gasteiger partial charge in [-0.05, 0) is 48.1 Å². The van der Waals surface area contributed by atoms with Crippen molar-refractivity contribution in [1.29, 1.82) is 5.26 Å². The number of nitrogens with zero attached hydrogens (tertiary/aromatic N) is 2. The molecule has 2 aromatic rings. The summed E-state index contributed by atoms with van der Waals surface area (Å²) in [6.45, 7) is 3.84. The van der Waals surface area contributed by atoms with E-state index < -0.39 is 27.6 Å². The van der Waals surface area contributed by atoms with Gasteiger partial charge in [-0.1, -0.05) is 44.2 Å². The Morgan fingerprint density at radius 2 is 1.78 bits per heavy atom. The molecule has 8 heteroatoms. The maximum absolute atomic E-state index is 13.5. The van der Waals surface area contributed by atoms with E-state index in [0.717, 1.165) is 5.56 Å². The van der Waals surface area contributed by atoms with E-state index in [1.54, 1.807) is 12.1 Å². The third kappa shape index (κ3) is 7.31. The largest absolute Gasteiger partial charge is 0.497 e. The zero-order valence-electron chi connectivity index (χ0n) is 18.9. The van der Waals surface area contributed by atoms with Crippen molar-refractivity contribution in [3.63, 3.8) is 0 Å². The van der Waals surface area contributed by atoms with Crippen LogP contribution in [0.15, 0.2) is 59.5 Å². The molecule has 0 aliphatic rings. The first-order valence-corrected chi connectivity index (χ1v) is 12.0. The molecule has 2 aromatic carbocycles. The van der Waals surface area contributed by atoms with E-state index in [-0.39, 0.29) is 18.0 Å². The third-order valence-electron chi connectivity index (χ3n) is 5.41. The summed E-state index contributed by atoms with van der Waals surface area (Å²) in [4.78, 5) is 0.109. The van der Waals surface area contributed by atoms with Crippen molar-refractivity contribution in [2.45, 2.75) is 50.2 Å². The van der Waals surface area contributed by atoms with Gasteiger partial charge in [0.05, 0.1) is 24.2 Å². The normalized spacial score (nSPS) is 14.0. The first-order chi connectivity index (χ1) is 15.1. The Kier molecular flexibility index (Phi) is 9.22. The van der Waals surface area contributed by atoms with E-state index in [9.17, 15) is 13.5 Å². The van der Waals surface area contributed by atoms with Crippen molar-refractivity contribution in [1.82, 2.24) is 4.31 Å². The van der Waals surface area contributed by atoms with Gasteiger partial charge in [0.25, 0.3) is 0 Å². The number of sulfonamides is 1. The van der Waals surface area contributed by atoms with E-state index >= 15 is 0 Å². The molecule has 0 amide bonds. The molecule has 0 fully saturated rings. The lowest BCUT2D eigenvalue weighted by molar-refractivity contribution is 0.106. The van der Waals surface area contributed by atoms with E-state index in [2.05, 4.69) is 6.07 Å². The van der Waals surface area contributed by atoms with Crippen LogP contribution in [-0.2, 0) is 16.4 Å². The number of hydrogen-bond acceptors (Lipinski definition) is 6. The van der Waals surface area contributed by atoms with Gasteiger partial charge in [-0.2, -0.15) is 9.57 Å². The van der Waals surface area contributed by atoms with Gasteiger partial charge in [0, 0.05) is 25.6 Å². The lowest BCUT2D eigenvalue weighted by Crippen LogP contribution is -2.48. The zero-order chi connectivity index (χ0) is 23.8. The molecular formula is C24H33N3O4S. The summed E-state index contributed by atoms with van der Waals surface area (Å²) in [5, 5.41) is 19.8. The summed E-state index contributed by atoms with van der Waals surface area (Å²) in [7, 11) is -2.39. The zero-order valence-corrected chi connectivity index (χ0v) is 19.8. The average Bonchev–Trinajstić information content (AvgIpc) is 2.77. The SMILES string of the molecule is COc1ccc(S(=O)(=O)N(CC(O)C(N)Cc2ccccc2)CC(C)(C)CCC#N)cc1. The number of benzene rings is 2. The van der Waals surface area contributed by atoms with Crippen molar-refractivity contribution >= 4 is 10.0 Å². The quantitative estimate of drug-likeness (QED) is 0.504. The predicted octanol–water partition coefficient (Wildman–Crippen LogP) is 2.95. The monoisotopic (exact) mass is 459 g/mol. The van der Waals surface area contributed by atoms with E-state index in [4.69, 9.17) is 15.7 Å². The summed E-state index contributed by atoms with van der Waals surface area (Å²) in [6, 6.07) is 17.2. The second-order valence-electron chi connectivity index (χ2n) is 8.72. The molecule has 0 heterocycles. The van der Waals surface area contributed by atoms with E-state index in [0.29, 0.717) is 25.0 Å². The Bertz CT molecular complexity index is 986. The van der Waals surface area contributed by atoms with Gasteiger partial charge >= 0.3 is 0 Å². The molecule has 3 N–H and O–H groups in total. The number of rotatable bonds is 12. The second kappa shape index (κ2) is 11.4. The summed E-state index contributed by atoms with van der Waals surface area (Å²) in [6.07, 6.45) is 0.218. The highest BCUT2D eigenvalue weighted by atomic mass is 32.2. The van der Waals surface area contributed by atoms with Crippen LogP contribution in [0.2, 0.25) is 0 Å². The van der Waals surface area contributed by atoms with Crippen molar-refractivity contribution < 1.29 is 18.3 Å². The highest BCUT2D eigenvalue weighted by molar-refractivity contribution is 7.89. The molecule has 0 spiro atoms. The van der Waals surface area contributed by atoms with Gasteiger partial charge in [-0.25, -0.2) is 8.42 Å². The molecule has 0 aliphatic carbocycles. The molecule has 2 rings (SSSR count). The summed E-state index contributed by atoms with van der Waals surface area (Å²) < 4.78 is 33.3. The molecule has 32 heavy (non-hydrogen) atoms. The molecule has 0 aliphatic heterocycles. The third-order valence-corrected chi connectivity index (χ3v) is 7.24. The van der Waals surface area contributed by atoms with Gasteiger partial charge in [-0.3, -0.25) is 0 Å². The minimum Gasteiger partial charge on any atom is -0.497 e. The Balaban J connectivity index is 2.27. The fraction of sp³-hybridized carbons (Fsp3) is 0.458. The molecule has 0 saturated carbocycles.